The molecule has 0 saturated carbocycles. The predicted molar refractivity (Wildman–Crippen MR) is 24.3 cm³/mol. The summed E-state index contributed by atoms with van der Waals surface area (Å²) in [5.74, 6) is 0. The third-order valence-corrected chi connectivity index (χ3v) is 1.52. The van der Waals surface area contributed by atoms with Crippen molar-refractivity contribution in [3.8, 4) is 0 Å². The van der Waals surface area contributed by atoms with Crippen LogP contribution in [0.5, 0.6) is 0 Å². The van der Waals surface area contributed by atoms with E-state index in [4.69, 9.17) is 0 Å². The van der Waals surface area contributed by atoms with Crippen molar-refractivity contribution < 1.29 is 19.8 Å². The zero-order valence-corrected chi connectivity index (χ0v) is 6.42. The van der Waals surface area contributed by atoms with E-state index in [1.54, 1.807) is 0 Å². The summed E-state index contributed by atoms with van der Waals surface area (Å²) in [7, 11) is 0. The number of unbranched alkanes of at least 4 members (excludes halogenated alkanes) is 2. The molecule has 0 rings (SSSR count). The number of hydrogen-bond donors (Lipinski definition) is 0. The SMILES string of the molecule is CCCC[CH2][Pt]. The van der Waals surface area contributed by atoms with E-state index < -0.39 is 0 Å². The van der Waals surface area contributed by atoms with Crippen molar-refractivity contribution in [2.75, 3.05) is 0 Å². The third-order valence-electron chi connectivity index (χ3n) is 0.715. The predicted octanol–water partition coefficient (Wildman–Crippen LogP) is 2.14. The second-order valence-electron chi connectivity index (χ2n) is 1.37. The minimum atomic E-state index is 1.33. The zero-order valence-electron chi connectivity index (χ0n) is 4.14. The van der Waals surface area contributed by atoms with Gasteiger partial charge in [-0.25, -0.2) is 0 Å². The Morgan fingerprint density at radius 1 is 1.33 bits per heavy atom. The van der Waals surface area contributed by atoms with Crippen molar-refractivity contribution in [3.63, 3.8) is 0 Å². The van der Waals surface area contributed by atoms with Gasteiger partial charge >= 0.3 is 50.8 Å². The van der Waals surface area contributed by atoms with Gasteiger partial charge in [-0.05, 0) is 0 Å². The Bertz CT molecular complexity index is 15.9. The van der Waals surface area contributed by atoms with E-state index in [9.17, 15) is 0 Å². The second-order valence-corrected chi connectivity index (χ2v) is 2.50. The topological polar surface area (TPSA) is 0 Å². The fraction of sp³-hybridized carbons (Fsp3) is 1.00. The maximum absolute atomic E-state index is 2.40. The van der Waals surface area contributed by atoms with Gasteiger partial charge in [0.15, 0.2) is 0 Å². The summed E-state index contributed by atoms with van der Waals surface area (Å²) in [5.41, 5.74) is 0. The molecule has 41 valence electrons. The van der Waals surface area contributed by atoms with Gasteiger partial charge in [-0.15, -0.1) is 0 Å². The molecule has 0 aliphatic carbocycles. The molecule has 0 heterocycles. The van der Waals surface area contributed by atoms with E-state index in [-0.39, 0.29) is 0 Å². The van der Waals surface area contributed by atoms with E-state index in [0.29, 0.717) is 0 Å². The molecule has 0 aliphatic heterocycles. The monoisotopic (exact) mass is 266 g/mol. The molecule has 0 bridgehead atoms. The first-order valence-electron chi connectivity index (χ1n) is 2.43. The molecule has 0 aromatic heterocycles. The Morgan fingerprint density at radius 3 is 2.17 bits per heavy atom. The molecular weight excluding hydrogens is 255 g/mol. The van der Waals surface area contributed by atoms with Gasteiger partial charge in [0.2, 0.25) is 0 Å². The molecular formula is C5H11Pt. The van der Waals surface area contributed by atoms with E-state index in [2.05, 4.69) is 26.7 Å². The normalized spacial score (nSPS) is 9.17. The first-order valence-corrected chi connectivity index (χ1v) is 4.04. The summed E-state index contributed by atoms with van der Waals surface area (Å²) in [5, 5.41) is 0. The Morgan fingerprint density at radius 2 is 2.00 bits per heavy atom. The Kier molecular flexibility index (Phi) is 6.34. The molecule has 1 heteroatoms. The van der Waals surface area contributed by atoms with Crippen LogP contribution in [0.2, 0.25) is 4.81 Å². The summed E-state index contributed by atoms with van der Waals surface area (Å²) in [4.78, 5) is 1.33. The molecule has 0 aromatic carbocycles. The number of hydrogen-bond acceptors (Lipinski definition) is 0. The van der Waals surface area contributed by atoms with Gasteiger partial charge in [-0.3, -0.25) is 0 Å². The van der Waals surface area contributed by atoms with Crippen LogP contribution in [0.25, 0.3) is 0 Å². The second kappa shape index (κ2) is 5.69. The number of rotatable bonds is 3. The van der Waals surface area contributed by atoms with Crippen LogP contribution in [0, 0.1) is 0 Å². The van der Waals surface area contributed by atoms with Gasteiger partial charge in [0.1, 0.15) is 0 Å². The Labute approximate surface area is 51.2 Å². The van der Waals surface area contributed by atoms with Gasteiger partial charge in [0, 0.05) is 0 Å². The molecule has 0 nitrogen and oxygen atoms in total. The van der Waals surface area contributed by atoms with Crippen LogP contribution in [0.1, 0.15) is 26.2 Å². The maximum atomic E-state index is 2.40. The van der Waals surface area contributed by atoms with Crippen LogP contribution in [-0.4, -0.2) is 0 Å². The van der Waals surface area contributed by atoms with Crippen LogP contribution < -0.4 is 0 Å². The third kappa shape index (κ3) is 4.69. The molecule has 0 radical (unpaired) electrons. The van der Waals surface area contributed by atoms with Gasteiger partial charge in [-0.1, -0.05) is 0 Å². The van der Waals surface area contributed by atoms with E-state index in [1.165, 1.54) is 24.1 Å². The Hall–Kier alpha value is 0.688. The van der Waals surface area contributed by atoms with Crippen LogP contribution in [0.4, 0.5) is 0 Å². The van der Waals surface area contributed by atoms with Crippen molar-refractivity contribution in [2.45, 2.75) is 31.0 Å². The van der Waals surface area contributed by atoms with Crippen molar-refractivity contribution in [1.82, 2.24) is 0 Å². The molecule has 6 heavy (non-hydrogen) atoms. The van der Waals surface area contributed by atoms with Crippen LogP contribution in [-0.2, 0) is 19.8 Å². The first kappa shape index (κ1) is 6.69. The summed E-state index contributed by atoms with van der Waals surface area (Å²) in [6, 6.07) is 0. The van der Waals surface area contributed by atoms with Gasteiger partial charge in [0.05, 0.1) is 0 Å². The van der Waals surface area contributed by atoms with Gasteiger partial charge in [0.25, 0.3) is 0 Å². The molecule has 0 fully saturated rings. The van der Waals surface area contributed by atoms with Gasteiger partial charge < -0.3 is 0 Å². The van der Waals surface area contributed by atoms with Crippen molar-refractivity contribution in [1.29, 1.82) is 0 Å². The van der Waals surface area contributed by atoms with Crippen LogP contribution in [0.3, 0.4) is 0 Å². The van der Waals surface area contributed by atoms with E-state index >= 15 is 0 Å². The fourth-order valence-electron chi connectivity index (χ4n) is 0.329. The molecule has 0 amide bonds. The molecule has 0 atom stereocenters. The van der Waals surface area contributed by atoms with E-state index in [0.717, 1.165) is 0 Å². The van der Waals surface area contributed by atoms with Crippen molar-refractivity contribution in [3.05, 3.63) is 0 Å². The minimum absolute atomic E-state index is 1.33. The van der Waals surface area contributed by atoms with Gasteiger partial charge in [-0.2, -0.15) is 0 Å². The molecule has 0 aromatic rings. The fourth-order valence-corrected chi connectivity index (χ4v) is 0.897. The summed E-state index contributed by atoms with van der Waals surface area (Å²) >= 11 is 2.40. The quantitative estimate of drug-likeness (QED) is 0.687. The molecule has 0 spiro atoms. The summed E-state index contributed by atoms with van der Waals surface area (Å²) < 4.78 is 0. The van der Waals surface area contributed by atoms with E-state index in [1.807, 2.05) is 0 Å². The van der Waals surface area contributed by atoms with Crippen molar-refractivity contribution >= 4 is 0 Å². The van der Waals surface area contributed by atoms with Crippen molar-refractivity contribution in [2.24, 2.45) is 0 Å². The molecule has 0 aliphatic rings. The van der Waals surface area contributed by atoms with Crippen LogP contribution in [0.15, 0.2) is 0 Å². The molecule has 0 saturated heterocycles. The van der Waals surface area contributed by atoms with Crippen LogP contribution >= 0.6 is 0 Å². The average molecular weight is 266 g/mol. The Balaban J connectivity index is 2.34. The molecule has 0 unspecified atom stereocenters. The summed E-state index contributed by atoms with van der Waals surface area (Å²) in [6.45, 7) is 2.23. The first-order chi connectivity index (χ1) is 2.91. The zero-order chi connectivity index (χ0) is 4.83. The summed E-state index contributed by atoms with van der Waals surface area (Å²) in [6.07, 6.45) is 4.16. The molecule has 0 N–H and O–H groups in total. The average Bonchev–Trinajstić information content (AvgIpc) is 1.61. The standard InChI is InChI=1S/C5H11.Pt/c1-3-5-4-2;/h1,3-5H2,2H3;.